The van der Waals surface area contributed by atoms with Crippen molar-refractivity contribution in [3.63, 3.8) is 0 Å². The molecule has 3 nitrogen and oxygen atoms in total. The highest BCUT2D eigenvalue weighted by atomic mass is 79.9. The number of nitrogens with zero attached hydrogens (tertiary/aromatic N) is 3. The van der Waals surface area contributed by atoms with E-state index in [1.165, 1.54) is 10.8 Å². The summed E-state index contributed by atoms with van der Waals surface area (Å²) >= 11 is 3.44. The van der Waals surface area contributed by atoms with Gasteiger partial charge >= 0.3 is 0 Å². The zero-order valence-electron chi connectivity index (χ0n) is 13.1. The van der Waals surface area contributed by atoms with Gasteiger partial charge in [0.05, 0.1) is 0 Å². The lowest BCUT2D eigenvalue weighted by atomic mass is 9.96. The van der Waals surface area contributed by atoms with Crippen molar-refractivity contribution in [3.05, 3.63) is 77.2 Å². The smallest absolute Gasteiger partial charge is 0.129 e. The number of benzene rings is 2. The topological polar surface area (TPSA) is 38.7 Å². The van der Waals surface area contributed by atoms with Gasteiger partial charge in [0.25, 0.3) is 0 Å². The number of pyridine rings is 1. The zero-order valence-corrected chi connectivity index (χ0v) is 14.7. The lowest BCUT2D eigenvalue weighted by Gasteiger charge is -2.11. The molecule has 0 bridgehead atoms. The van der Waals surface area contributed by atoms with Crippen LogP contribution in [-0.4, -0.2) is 15.2 Å². The normalized spacial score (nSPS) is 10.9. The van der Waals surface area contributed by atoms with E-state index >= 15 is 0 Å². The molecule has 4 rings (SSSR count). The molecular formula is C20H14BrN3. The molecular weight excluding hydrogens is 362 g/mol. The summed E-state index contributed by atoms with van der Waals surface area (Å²) in [5, 5.41) is 11.1. The molecule has 0 radical (unpaired) electrons. The molecule has 2 aromatic heterocycles. The van der Waals surface area contributed by atoms with Crippen LogP contribution in [0.1, 0.15) is 5.56 Å². The van der Waals surface area contributed by atoms with Crippen molar-refractivity contribution in [2.24, 2.45) is 0 Å². The number of hydrogen-bond acceptors (Lipinski definition) is 3. The van der Waals surface area contributed by atoms with Crippen molar-refractivity contribution >= 4 is 26.7 Å². The third-order valence-electron chi connectivity index (χ3n) is 4.10. The molecule has 0 aliphatic heterocycles. The number of halogens is 1. The van der Waals surface area contributed by atoms with Gasteiger partial charge in [-0.1, -0.05) is 36.4 Å². The molecule has 0 unspecified atom stereocenters. The van der Waals surface area contributed by atoms with E-state index in [-0.39, 0.29) is 0 Å². The van der Waals surface area contributed by atoms with Gasteiger partial charge in [0.2, 0.25) is 0 Å². The summed E-state index contributed by atoms with van der Waals surface area (Å²) in [5.74, 6) is 0. The summed E-state index contributed by atoms with van der Waals surface area (Å²) in [4.78, 5) is 4.19. The highest BCUT2D eigenvalue weighted by Gasteiger charge is 2.13. The van der Waals surface area contributed by atoms with Crippen LogP contribution in [-0.2, 0) is 0 Å². The van der Waals surface area contributed by atoms with Crippen molar-refractivity contribution in [2.75, 3.05) is 0 Å². The molecule has 0 aliphatic carbocycles. The van der Waals surface area contributed by atoms with E-state index in [1.807, 2.05) is 30.5 Å². The Morgan fingerprint density at radius 1 is 0.833 bits per heavy atom. The molecule has 0 saturated carbocycles. The first-order valence-corrected chi connectivity index (χ1v) is 8.45. The SMILES string of the molecule is Cc1cnccc1-c1cc(Br)nnc1-c1ccc2ccccc2c1. The second-order valence-corrected chi connectivity index (χ2v) is 6.49. The monoisotopic (exact) mass is 375 g/mol. The predicted molar refractivity (Wildman–Crippen MR) is 101 cm³/mol. The molecule has 0 aliphatic rings. The Morgan fingerprint density at radius 2 is 1.67 bits per heavy atom. The van der Waals surface area contributed by atoms with Crippen LogP contribution >= 0.6 is 15.9 Å². The average Bonchev–Trinajstić information content (AvgIpc) is 2.62. The molecule has 2 aromatic carbocycles. The van der Waals surface area contributed by atoms with Crippen molar-refractivity contribution in [1.29, 1.82) is 0 Å². The number of hydrogen-bond donors (Lipinski definition) is 0. The highest BCUT2D eigenvalue weighted by molar-refractivity contribution is 9.10. The molecule has 2 heterocycles. The third-order valence-corrected chi connectivity index (χ3v) is 4.48. The molecule has 4 aromatic rings. The fourth-order valence-electron chi connectivity index (χ4n) is 2.90. The zero-order chi connectivity index (χ0) is 16.5. The maximum absolute atomic E-state index is 4.46. The summed E-state index contributed by atoms with van der Waals surface area (Å²) in [6, 6.07) is 18.7. The Bertz CT molecular complexity index is 1040. The molecule has 4 heteroatoms. The van der Waals surface area contributed by atoms with Crippen LogP contribution in [0.5, 0.6) is 0 Å². The minimum Gasteiger partial charge on any atom is -0.264 e. The van der Waals surface area contributed by atoms with E-state index in [0.29, 0.717) is 0 Å². The Balaban J connectivity index is 1.96. The van der Waals surface area contributed by atoms with E-state index in [0.717, 1.165) is 32.6 Å². The first-order chi connectivity index (χ1) is 11.7. The van der Waals surface area contributed by atoms with E-state index in [2.05, 4.69) is 68.4 Å². The third kappa shape index (κ3) is 2.69. The van der Waals surface area contributed by atoms with E-state index in [1.54, 1.807) is 6.20 Å². The predicted octanol–water partition coefficient (Wildman–Crippen LogP) is 5.43. The molecule has 116 valence electrons. The molecule has 0 amide bonds. The van der Waals surface area contributed by atoms with Crippen LogP contribution in [0.15, 0.2) is 71.6 Å². The summed E-state index contributed by atoms with van der Waals surface area (Å²) in [7, 11) is 0. The van der Waals surface area contributed by atoms with Gasteiger partial charge in [-0.15, -0.1) is 10.2 Å². The molecule has 0 saturated heterocycles. The van der Waals surface area contributed by atoms with Crippen LogP contribution in [0, 0.1) is 6.92 Å². The fraction of sp³-hybridized carbons (Fsp3) is 0.0500. The fourth-order valence-corrected chi connectivity index (χ4v) is 3.21. The van der Waals surface area contributed by atoms with Crippen LogP contribution < -0.4 is 0 Å². The lowest BCUT2D eigenvalue weighted by Crippen LogP contribution is -1.95. The minimum absolute atomic E-state index is 0.721. The second kappa shape index (κ2) is 6.13. The Hall–Kier alpha value is -2.59. The highest BCUT2D eigenvalue weighted by Crippen LogP contribution is 2.34. The van der Waals surface area contributed by atoms with Gasteiger partial charge in [-0.05, 0) is 63.0 Å². The van der Waals surface area contributed by atoms with Crippen LogP contribution in [0.3, 0.4) is 0 Å². The van der Waals surface area contributed by atoms with Gasteiger partial charge in [-0.3, -0.25) is 4.98 Å². The minimum atomic E-state index is 0.721. The molecule has 24 heavy (non-hydrogen) atoms. The van der Waals surface area contributed by atoms with Crippen molar-refractivity contribution in [1.82, 2.24) is 15.2 Å². The largest absolute Gasteiger partial charge is 0.264 e. The number of rotatable bonds is 2. The summed E-state index contributed by atoms with van der Waals surface area (Å²) < 4.78 is 0.721. The van der Waals surface area contributed by atoms with Gasteiger partial charge < -0.3 is 0 Å². The summed E-state index contributed by atoms with van der Waals surface area (Å²) in [5.41, 5.74) is 5.20. The van der Waals surface area contributed by atoms with Gasteiger partial charge in [-0.2, -0.15) is 0 Å². The van der Waals surface area contributed by atoms with Crippen molar-refractivity contribution < 1.29 is 0 Å². The second-order valence-electron chi connectivity index (χ2n) is 5.68. The summed E-state index contributed by atoms with van der Waals surface area (Å²) in [6.07, 6.45) is 3.68. The molecule has 0 N–H and O–H groups in total. The quantitative estimate of drug-likeness (QED) is 0.468. The van der Waals surface area contributed by atoms with E-state index in [9.17, 15) is 0 Å². The Kier molecular flexibility index (Phi) is 3.82. The van der Waals surface area contributed by atoms with Gasteiger partial charge in [0.15, 0.2) is 0 Å². The van der Waals surface area contributed by atoms with Crippen molar-refractivity contribution in [3.8, 4) is 22.4 Å². The Morgan fingerprint density at radius 3 is 2.50 bits per heavy atom. The molecule has 0 fully saturated rings. The van der Waals surface area contributed by atoms with Gasteiger partial charge in [-0.25, -0.2) is 0 Å². The van der Waals surface area contributed by atoms with Crippen LogP contribution in [0.25, 0.3) is 33.2 Å². The summed E-state index contributed by atoms with van der Waals surface area (Å²) in [6.45, 7) is 2.06. The Labute approximate surface area is 148 Å². The van der Waals surface area contributed by atoms with Crippen molar-refractivity contribution in [2.45, 2.75) is 6.92 Å². The van der Waals surface area contributed by atoms with Gasteiger partial charge in [0, 0.05) is 23.5 Å². The van der Waals surface area contributed by atoms with E-state index < -0.39 is 0 Å². The standard InChI is InChI=1S/C20H14BrN3/c1-13-12-22-9-8-17(13)18-11-19(21)23-24-20(18)16-7-6-14-4-2-3-5-15(14)10-16/h2-12H,1H3. The average molecular weight is 376 g/mol. The number of aromatic nitrogens is 3. The van der Waals surface area contributed by atoms with Crippen LogP contribution in [0.4, 0.5) is 0 Å². The first-order valence-electron chi connectivity index (χ1n) is 7.66. The van der Waals surface area contributed by atoms with Gasteiger partial charge in [0.1, 0.15) is 10.3 Å². The van der Waals surface area contributed by atoms with Crippen LogP contribution in [0.2, 0.25) is 0 Å². The molecule has 0 atom stereocenters. The maximum atomic E-state index is 4.46. The lowest BCUT2D eigenvalue weighted by molar-refractivity contribution is 1.01. The maximum Gasteiger partial charge on any atom is 0.129 e. The number of fused-ring (bicyclic) bond motifs is 1. The molecule has 0 spiro atoms. The first kappa shape index (κ1) is 15.0. The number of aryl methyl sites for hydroxylation is 1. The van der Waals surface area contributed by atoms with E-state index in [4.69, 9.17) is 0 Å².